The average molecular weight is 462 g/mol. The summed E-state index contributed by atoms with van der Waals surface area (Å²) in [5, 5.41) is 3.34. The highest BCUT2D eigenvalue weighted by molar-refractivity contribution is 6.04. The summed E-state index contributed by atoms with van der Waals surface area (Å²) in [6.07, 6.45) is 1.16. The van der Waals surface area contributed by atoms with Crippen molar-refractivity contribution in [1.29, 1.82) is 0 Å². The Morgan fingerprint density at radius 3 is 2.50 bits per heavy atom. The first kappa shape index (κ1) is 23.6. The van der Waals surface area contributed by atoms with Crippen molar-refractivity contribution in [1.82, 2.24) is 5.32 Å². The monoisotopic (exact) mass is 461 g/mol. The van der Waals surface area contributed by atoms with Gasteiger partial charge >= 0.3 is 5.97 Å². The molecule has 1 atom stereocenters. The van der Waals surface area contributed by atoms with Crippen LogP contribution >= 0.6 is 0 Å². The molecule has 1 N–H and O–H groups in total. The van der Waals surface area contributed by atoms with Gasteiger partial charge in [0.05, 0.1) is 19.8 Å². The molecular formula is C28H31NO5. The van der Waals surface area contributed by atoms with Gasteiger partial charge in [0.2, 0.25) is 0 Å². The molecule has 0 radical (unpaired) electrons. The summed E-state index contributed by atoms with van der Waals surface area (Å²) in [5.41, 5.74) is 4.20. The Bertz CT molecular complexity index is 1180. The van der Waals surface area contributed by atoms with E-state index in [1.165, 1.54) is 7.11 Å². The van der Waals surface area contributed by atoms with Crippen LogP contribution in [-0.2, 0) is 20.9 Å². The largest absolute Gasteiger partial charge is 0.496 e. The third-order valence-electron chi connectivity index (χ3n) is 6.42. The first-order valence-electron chi connectivity index (χ1n) is 11.4. The predicted molar refractivity (Wildman–Crippen MR) is 129 cm³/mol. The topological polar surface area (TPSA) is 73.9 Å². The Morgan fingerprint density at radius 2 is 1.82 bits per heavy atom. The van der Waals surface area contributed by atoms with Gasteiger partial charge in [-0.25, -0.2) is 4.79 Å². The zero-order valence-electron chi connectivity index (χ0n) is 20.4. The Morgan fingerprint density at radius 1 is 1.09 bits per heavy atom. The van der Waals surface area contributed by atoms with E-state index in [4.69, 9.17) is 14.2 Å². The number of allylic oxidation sites excluding steroid dienone is 3. The predicted octanol–water partition coefficient (Wildman–Crippen LogP) is 5.05. The number of ether oxygens (including phenoxy) is 3. The fourth-order valence-electron chi connectivity index (χ4n) is 4.92. The zero-order chi connectivity index (χ0) is 24.5. The summed E-state index contributed by atoms with van der Waals surface area (Å²) in [7, 11) is 2.98. The summed E-state index contributed by atoms with van der Waals surface area (Å²) in [4.78, 5) is 26.3. The molecule has 0 spiro atoms. The number of ketones is 1. The van der Waals surface area contributed by atoms with E-state index in [0.717, 1.165) is 29.0 Å². The molecule has 1 aliphatic carbocycles. The number of rotatable bonds is 6. The third-order valence-corrected chi connectivity index (χ3v) is 6.42. The van der Waals surface area contributed by atoms with Gasteiger partial charge in [-0.15, -0.1) is 0 Å². The van der Waals surface area contributed by atoms with Gasteiger partial charge in [-0.3, -0.25) is 4.79 Å². The molecule has 4 rings (SSSR count). The molecule has 2 aliphatic rings. The van der Waals surface area contributed by atoms with E-state index in [-0.39, 0.29) is 17.8 Å². The van der Waals surface area contributed by atoms with Gasteiger partial charge in [0.25, 0.3) is 0 Å². The molecule has 0 amide bonds. The Labute approximate surface area is 200 Å². The maximum Gasteiger partial charge on any atom is 0.336 e. The van der Waals surface area contributed by atoms with Gasteiger partial charge < -0.3 is 19.5 Å². The number of hydrogen-bond acceptors (Lipinski definition) is 6. The van der Waals surface area contributed by atoms with Crippen LogP contribution in [0.3, 0.4) is 0 Å². The number of carbonyl (C=O) groups excluding carboxylic acids is 2. The van der Waals surface area contributed by atoms with Gasteiger partial charge in [-0.05, 0) is 48.6 Å². The minimum absolute atomic E-state index is 0.0514. The second-order valence-corrected chi connectivity index (χ2v) is 9.59. The molecule has 0 saturated heterocycles. The van der Waals surface area contributed by atoms with Crippen LogP contribution in [-0.4, -0.2) is 26.0 Å². The lowest BCUT2D eigenvalue weighted by Crippen LogP contribution is -2.38. The van der Waals surface area contributed by atoms with E-state index in [1.807, 2.05) is 55.5 Å². The number of Topliss-reactive ketones (excluding diaryl/α,β-unsaturated/α-hetero) is 1. The van der Waals surface area contributed by atoms with Crippen LogP contribution in [0.2, 0.25) is 0 Å². The van der Waals surface area contributed by atoms with Gasteiger partial charge in [-0.1, -0.05) is 38.1 Å². The second-order valence-electron chi connectivity index (χ2n) is 9.59. The molecule has 1 aliphatic heterocycles. The highest BCUT2D eigenvalue weighted by atomic mass is 16.5. The third kappa shape index (κ3) is 4.58. The minimum Gasteiger partial charge on any atom is -0.496 e. The van der Waals surface area contributed by atoms with E-state index in [9.17, 15) is 9.59 Å². The Kier molecular flexibility index (Phi) is 6.51. The summed E-state index contributed by atoms with van der Waals surface area (Å²) < 4.78 is 16.7. The fraction of sp³-hybridized carbons (Fsp3) is 0.357. The Balaban J connectivity index is 1.80. The highest BCUT2D eigenvalue weighted by Crippen LogP contribution is 2.47. The Hall–Kier alpha value is -3.54. The molecule has 34 heavy (non-hydrogen) atoms. The lowest BCUT2D eigenvalue weighted by molar-refractivity contribution is -0.136. The van der Waals surface area contributed by atoms with Crippen molar-refractivity contribution >= 4 is 11.8 Å². The van der Waals surface area contributed by atoms with E-state index >= 15 is 0 Å². The smallest absolute Gasteiger partial charge is 0.336 e. The van der Waals surface area contributed by atoms with E-state index < -0.39 is 11.9 Å². The number of hydrogen-bond donors (Lipinski definition) is 1. The molecular weight excluding hydrogens is 430 g/mol. The number of carbonyl (C=O) groups is 2. The summed E-state index contributed by atoms with van der Waals surface area (Å²) in [6, 6.07) is 15.3. The van der Waals surface area contributed by atoms with Crippen LogP contribution in [0.4, 0.5) is 0 Å². The van der Waals surface area contributed by atoms with E-state index in [1.54, 1.807) is 7.11 Å². The van der Waals surface area contributed by atoms with Crippen LogP contribution in [0.1, 0.15) is 50.7 Å². The van der Waals surface area contributed by atoms with E-state index in [2.05, 4.69) is 19.2 Å². The van der Waals surface area contributed by atoms with Gasteiger partial charge in [-0.2, -0.15) is 0 Å². The summed E-state index contributed by atoms with van der Waals surface area (Å²) in [6.45, 7) is 6.33. The van der Waals surface area contributed by atoms with Crippen molar-refractivity contribution < 1.29 is 23.8 Å². The molecule has 0 bridgehead atoms. The second kappa shape index (κ2) is 9.37. The molecule has 0 saturated carbocycles. The SMILES string of the molecule is COC(=O)C1=C(C)NC2=C(C(=O)CC(C)(C)C2)[C@H]1c1ccc(OC)c(COc2ccccc2)c1. The summed E-state index contributed by atoms with van der Waals surface area (Å²) in [5.74, 6) is 0.512. The van der Waals surface area contributed by atoms with Crippen LogP contribution < -0.4 is 14.8 Å². The number of para-hydroxylation sites is 1. The molecule has 2 aromatic carbocycles. The molecule has 6 nitrogen and oxygen atoms in total. The molecule has 1 heterocycles. The maximum atomic E-state index is 13.4. The number of dihydropyridines is 1. The molecule has 0 unspecified atom stereocenters. The first-order chi connectivity index (χ1) is 16.2. The maximum absolute atomic E-state index is 13.4. The standard InChI is InChI=1S/C28H31NO5/c1-17-24(27(31)33-5)25(26-21(29-17)14-28(2,3)15-22(26)30)18-11-12-23(32-4)19(13-18)16-34-20-9-7-6-8-10-20/h6-13,25,29H,14-16H2,1-5H3/t25-/m0/s1. The lowest BCUT2D eigenvalue weighted by atomic mass is 9.68. The van der Waals surface area contributed by atoms with Gasteiger partial charge in [0, 0.05) is 34.9 Å². The van der Waals surface area contributed by atoms with Crippen LogP contribution in [0.25, 0.3) is 0 Å². The molecule has 6 heteroatoms. The lowest BCUT2D eigenvalue weighted by Gasteiger charge is -2.39. The molecule has 2 aromatic rings. The summed E-state index contributed by atoms with van der Waals surface area (Å²) >= 11 is 0. The number of nitrogens with one attached hydrogen (secondary N) is 1. The minimum atomic E-state index is -0.520. The highest BCUT2D eigenvalue weighted by Gasteiger charge is 2.43. The quantitative estimate of drug-likeness (QED) is 0.607. The van der Waals surface area contributed by atoms with Crippen molar-refractivity contribution in [2.24, 2.45) is 5.41 Å². The van der Waals surface area contributed by atoms with Crippen LogP contribution in [0.5, 0.6) is 11.5 Å². The normalized spacial score (nSPS) is 19.3. The van der Waals surface area contributed by atoms with Crippen LogP contribution in [0.15, 0.2) is 71.1 Å². The van der Waals surface area contributed by atoms with Crippen LogP contribution in [0, 0.1) is 5.41 Å². The fourth-order valence-corrected chi connectivity index (χ4v) is 4.92. The van der Waals surface area contributed by atoms with Crippen molar-refractivity contribution in [2.75, 3.05) is 14.2 Å². The molecule has 0 aromatic heterocycles. The zero-order valence-corrected chi connectivity index (χ0v) is 20.4. The van der Waals surface area contributed by atoms with Crippen molar-refractivity contribution in [3.8, 4) is 11.5 Å². The van der Waals surface area contributed by atoms with Crippen molar-refractivity contribution in [3.05, 3.63) is 82.2 Å². The number of benzene rings is 2. The van der Waals surface area contributed by atoms with Crippen molar-refractivity contribution in [3.63, 3.8) is 0 Å². The number of esters is 1. The van der Waals surface area contributed by atoms with Gasteiger partial charge in [0.1, 0.15) is 18.1 Å². The van der Waals surface area contributed by atoms with Gasteiger partial charge in [0.15, 0.2) is 5.78 Å². The average Bonchev–Trinajstić information content (AvgIpc) is 2.81. The van der Waals surface area contributed by atoms with Crippen molar-refractivity contribution in [2.45, 2.75) is 46.1 Å². The molecule has 178 valence electrons. The van der Waals surface area contributed by atoms with E-state index in [0.29, 0.717) is 29.0 Å². The molecule has 0 fully saturated rings. The number of methoxy groups -OCH3 is 2. The first-order valence-corrected chi connectivity index (χ1v) is 11.4.